The van der Waals surface area contributed by atoms with Crippen LogP contribution >= 0.6 is 12.2 Å². The number of hydrogen-bond donors (Lipinski definition) is 1. The van der Waals surface area contributed by atoms with Gasteiger partial charge >= 0.3 is 0 Å². The van der Waals surface area contributed by atoms with Crippen LogP contribution in [0.3, 0.4) is 0 Å². The van der Waals surface area contributed by atoms with Gasteiger partial charge in [0.1, 0.15) is 6.61 Å². The fourth-order valence-corrected chi connectivity index (χ4v) is 1.90. The second kappa shape index (κ2) is 13.9. The normalized spacial score (nSPS) is 10.5. The molecule has 102 valence electrons. The van der Waals surface area contributed by atoms with Crippen LogP contribution < -0.4 is 0 Å². The van der Waals surface area contributed by atoms with Crippen molar-refractivity contribution in [2.75, 3.05) is 13.2 Å². The van der Waals surface area contributed by atoms with E-state index >= 15 is 0 Å². The summed E-state index contributed by atoms with van der Waals surface area (Å²) in [6.07, 6.45) is 13.2. The number of rotatable bonds is 12. The molecule has 0 rings (SSSR count). The summed E-state index contributed by atoms with van der Waals surface area (Å²) in [6, 6.07) is 0. The summed E-state index contributed by atoms with van der Waals surface area (Å²) in [4.78, 5) is 0. The van der Waals surface area contributed by atoms with Crippen LogP contribution in [0.15, 0.2) is 0 Å². The molecule has 3 heteroatoms. The minimum Gasteiger partial charge on any atom is -0.485 e. The molecule has 0 fully saturated rings. The van der Waals surface area contributed by atoms with E-state index in [0.29, 0.717) is 11.7 Å². The fraction of sp³-hybridized carbons (Fsp3) is 0.929. The second-order valence-corrected chi connectivity index (χ2v) is 5.02. The molecule has 0 unspecified atom stereocenters. The lowest BCUT2D eigenvalue weighted by molar-refractivity contribution is 0.255. The van der Waals surface area contributed by atoms with Crippen LogP contribution in [0.4, 0.5) is 0 Å². The number of ether oxygens (including phenoxy) is 1. The van der Waals surface area contributed by atoms with Gasteiger partial charge in [0.25, 0.3) is 0 Å². The molecule has 0 aromatic rings. The Morgan fingerprint density at radius 1 is 0.882 bits per heavy atom. The molecule has 17 heavy (non-hydrogen) atoms. The molecular formula is C14H28O2S. The molecule has 0 heterocycles. The number of hydrogen-bond acceptors (Lipinski definition) is 3. The van der Waals surface area contributed by atoms with Gasteiger partial charge in [-0.25, -0.2) is 0 Å². The minimum atomic E-state index is -0.132. The number of thiocarbonyl (C=S) groups is 1. The predicted molar refractivity (Wildman–Crippen MR) is 77.5 cm³/mol. The largest absolute Gasteiger partial charge is 0.485 e. The van der Waals surface area contributed by atoms with Crippen LogP contribution in [-0.4, -0.2) is 23.4 Å². The average molecular weight is 260 g/mol. The van der Waals surface area contributed by atoms with Gasteiger partial charge in [0.15, 0.2) is 5.05 Å². The van der Waals surface area contributed by atoms with Crippen LogP contribution in [0.5, 0.6) is 0 Å². The van der Waals surface area contributed by atoms with Crippen molar-refractivity contribution in [3.8, 4) is 0 Å². The number of aliphatic hydroxyl groups excluding tert-OH is 1. The lowest BCUT2D eigenvalue weighted by Gasteiger charge is -2.05. The van der Waals surface area contributed by atoms with Crippen molar-refractivity contribution in [1.82, 2.24) is 0 Å². The molecule has 0 saturated carbocycles. The van der Waals surface area contributed by atoms with Crippen molar-refractivity contribution >= 4 is 17.3 Å². The van der Waals surface area contributed by atoms with Crippen molar-refractivity contribution in [2.45, 2.75) is 71.1 Å². The maximum absolute atomic E-state index is 8.63. The van der Waals surface area contributed by atoms with Crippen molar-refractivity contribution in [2.24, 2.45) is 0 Å². The molecule has 2 nitrogen and oxygen atoms in total. The Balaban J connectivity index is 2.96. The van der Waals surface area contributed by atoms with E-state index in [2.05, 4.69) is 6.92 Å². The monoisotopic (exact) mass is 260 g/mol. The van der Waals surface area contributed by atoms with E-state index in [4.69, 9.17) is 22.1 Å². The third-order valence-corrected chi connectivity index (χ3v) is 3.14. The maximum atomic E-state index is 8.63. The minimum absolute atomic E-state index is 0.132. The molecule has 0 bridgehead atoms. The Hall–Kier alpha value is -0.150. The molecule has 0 atom stereocenters. The standard InChI is InChI=1S/C14H28O2S/c1-2-3-4-5-6-7-8-9-10-11-12-16-14(17)13-15/h15H,2-13H2,1H3. The molecule has 0 aliphatic rings. The fourth-order valence-electron chi connectivity index (χ4n) is 1.82. The van der Waals surface area contributed by atoms with Crippen LogP contribution in [0.1, 0.15) is 71.1 Å². The van der Waals surface area contributed by atoms with E-state index in [1.807, 2.05) is 0 Å². The lowest BCUT2D eigenvalue weighted by Crippen LogP contribution is -2.07. The van der Waals surface area contributed by atoms with Gasteiger partial charge < -0.3 is 9.84 Å². The highest BCUT2D eigenvalue weighted by Gasteiger charge is 1.95. The second-order valence-electron chi connectivity index (χ2n) is 4.56. The topological polar surface area (TPSA) is 29.5 Å². The summed E-state index contributed by atoms with van der Waals surface area (Å²) < 4.78 is 5.14. The van der Waals surface area contributed by atoms with Crippen molar-refractivity contribution < 1.29 is 9.84 Å². The summed E-state index contributed by atoms with van der Waals surface area (Å²) >= 11 is 4.75. The Morgan fingerprint density at radius 3 is 1.82 bits per heavy atom. The summed E-state index contributed by atoms with van der Waals surface area (Å²) in [6.45, 7) is 2.79. The third-order valence-electron chi connectivity index (χ3n) is 2.89. The molecule has 0 aliphatic heterocycles. The van der Waals surface area contributed by atoms with Gasteiger partial charge in [-0.3, -0.25) is 0 Å². The molecule has 0 aromatic carbocycles. The van der Waals surface area contributed by atoms with E-state index in [1.165, 1.54) is 57.8 Å². The zero-order chi connectivity index (χ0) is 12.8. The zero-order valence-corrected chi connectivity index (χ0v) is 12.1. The summed E-state index contributed by atoms with van der Waals surface area (Å²) in [5, 5.41) is 8.95. The van der Waals surface area contributed by atoms with Gasteiger partial charge in [0.2, 0.25) is 0 Å². The van der Waals surface area contributed by atoms with E-state index in [-0.39, 0.29) is 6.61 Å². The van der Waals surface area contributed by atoms with Gasteiger partial charge in [-0.1, -0.05) is 64.7 Å². The quantitative estimate of drug-likeness (QED) is 0.420. The van der Waals surface area contributed by atoms with Crippen LogP contribution in [-0.2, 0) is 4.74 Å². The summed E-state index contributed by atoms with van der Waals surface area (Å²) in [5.74, 6) is 0. The predicted octanol–water partition coefficient (Wildman–Crippen LogP) is 4.24. The highest BCUT2D eigenvalue weighted by Crippen LogP contribution is 2.10. The first kappa shape index (κ1) is 16.9. The molecule has 1 N–H and O–H groups in total. The highest BCUT2D eigenvalue weighted by atomic mass is 32.1. The lowest BCUT2D eigenvalue weighted by atomic mass is 10.1. The molecule has 0 amide bonds. The Labute approximate surface area is 112 Å². The zero-order valence-electron chi connectivity index (χ0n) is 11.2. The number of unbranched alkanes of at least 4 members (excludes halogenated alkanes) is 9. The van der Waals surface area contributed by atoms with E-state index in [9.17, 15) is 0 Å². The average Bonchev–Trinajstić information content (AvgIpc) is 2.35. The maximum Gasteiger partial charge on any atom is 0.185 e. The molecule has 0 aliphatic carbocycles. The molecule has 0 aromatic heterocycles. The SMILES string of the molecule is CCCCCCCCCCCCOC(=S)CO. The first-order valence-corrected chi connectivity index (χ1v) is 7.48. The van der Waals surface area contributed by atoms with Crippen molar-refractivity contribution in [3.63, 3.8) is 0 Å². The van der Waals surface area contributed by atoms with Gasteiger partial charge in [0, 0.05) is 0 Å². The first-order valence-electron chi connectivity index (χ1n) is 7.07. The van der Waals surface area contributed by atoms with Gasteiger partial charge in [0.05, 0.1) is 6.61 Å². The van der Waals surface area contributed by atoms with Crippen molar-refractivity contribution in [1.29, 1.82) is 0 Å². The summed E-state index contributed by atoms with van der Waals surface area (Å²) in [5.41, 5.74) is 0. The van der Waals surface area contributed by atoms with Crippen molar-refractivity contribution in [3.05, 3.63) is 0 Å². The Bertz CT molecular complexity index is 172. The summed E-state index contributed by atoms with van der Waals surface area (Å²) in [7, 11) is 0. The van der Waals surface area contributed by atoms with Gasteiger partial charge in [-0.05, 0) is 18.6 Å². The first-order chi connectivity index (χ1) is 8.31. The van der Waals surface area contributed by atoms with Crippen LogP contribution in [0, 0.1) is 0 Å². The number of aliphatic hydroxyl groups is 1. The van der Waals surface area contributed by atoms with Gasteiger partial charge in [-0.15, -0.1) is 0 Å². The van der Waals surface area contributed by atoms with E-state index in [0.717, 1.165) is 6.42 Å². The Morgan fingerprint density at radius 2 is 1.35 bits per heavy atom. The molecular weight excluding hydrogens is 232 g/mol. The third kappa shape index (κ3) is 13.8. The molecule has 0 saturated heterocycles. The Kier molecular flexibility index (Phi) is 13.8. The van der Waals surface area contributed by atoms with Gasteiger partial charge in [-0.2, -0.15) is 0 Å². The molecule has 0 radical (unpaired) electrons. The van der Waals surface area contributed by atoms with E-state index < -0.39 is 0 Å². The van der Waals surface area contributed by atoms with Crippen LogP contribution in [0.2, 0.25) is 0 Å². The van der Waals surface area contributed by atoms with Crippen LogP contribution in [0.25, 0.3) is 0 Å². The molecule has 0 spiro atoms. The smallest absolute Gasteiger partial charge is 0.185 e. The van der Waals surface area contributed by atoms with E-state index in [1.54, 1.807) is 0 Å². The highest BCUT2D eigenvalue weighted by molar-refractivity contribution is 7.80.